The lowest BCUT2D eigenvalue weighted by atomic mass is 9.84. The minimum Gasteiger partial charge on any atom is -0.497 e. The molecule has 0 saturated heterocycles. The Hall–Kier alpha value is -3.13. The van der Waals surface area contributed by atoms with E-state index < -0.39 is 6.10 Å². The maximum absolute atomic E-state index is 6.70. The molecule has 3 aromatic carbocycles. The van der Waals surface area contributed by atoms with Crippen LogP contribution in [0.1, 0.15) is 28.8 Å². The molecule has 2 aliphatic rings. The van der Waals surface area contributed by atoms with Crippen LogP contribution in [0.2, 0.25) is 10.0 Å². The summed E-state index contributed by atoms with van der Waals surface area (Å²) in [5.41, 5.74) is 4.63. The summed E-state index contributed by atoms with van der Waals surface area (Å²) >= 11 is 14.6. The Kier molecular flexibility index (Phi) is 5.63. The number of rotatable bonds is 4. The lowest BCUT2D eigenvalue weighted by Crippen LogP contribution is -2.32. The summed E-state index contributed by atoms with van der Waals surface area (Å²) in [6.45, 7) is 0. The predicted molar refractivity (Wildman–Crippen MR) is 140 cm³/mol. The molecule has 0 fully saturated rings. The number of nitrogens with zero attached hydrogens (tertiary/aromatic N) is 3. The zero-order valence-electron chi connectivity index (χ0n) is 18.8. The summed E-state index contributed by atoms with van der Waals surface area (Å²) in [5.74, 6) is 2.15. The van der Waals surface area contributed by atoms with E-state index in [0.29, 0.717) is 21.2 Å². The van der Waals surface area contributed by atoms with E-state index >= 15 is 0 Å². The van der Waals surface area contributed by atoms with Crippen LogP contribution in [0.3, 0.4) is 0 Å². The van der Waals surface area contributed by atoms with Crippen molar-refractivity contribution in [1.29, 1.82) is 0 Å². The summed E-state index contributed by atoms with van der Waals surface area (Å²) < 4.78 is 13.9. The van der Waals surface area contributed by atoms with Gasteiger partial charge in [-0.15, -0.1) is 5.10 Å². The van der Waals surface area contributed by atoms with Gasteiger partial charge in [0, 0.05) is 26.7 Å². The van der Waals surface area contributed by atoms with E-state index in [1.165, 1.54) is 11.8 Å². The molecular weight excluding hydrogens is 503 g/mol. The summed E-state index contributed by atoms with van der Waals surface area (Å²) in [6, 6.07) is 21.1. The molecule has 176 valence electrons. The maximum Gasteiger partial charge on any atom is 0.227 e. The molecule has 2 aliphatic heterocycles. The van der Waals surface area contributed by atoms with E-state index in [1.807, 2.05) is 77.7 Å². The normalized spacial score (nSPS) is 18.2. The number of methoxy groups -OCH3 is 1. The number of halogens is 2. The fourth-order valence-corrected chi connectivity index (χ4v) is 5.38. The van der Waals surface area contributed by atoms with Crippen molar-refractivity contribution < 1.29 is 9.47 Å². The van der Waals surface area contributed by atoms with Crippen LogP contribution < -0.4 is 14.8 Å². The van der Waals surface area contributed by atoms with E-state index in [2.05, 4.69) is 5.32 Å². The van der Waals surface area contributed by atoms with Crippen molar-refractivity contribution in [3.05, 3.63) is 99.0 Å². The molecule has 4 aromatic rings. The van der Waals surface area contributed by atoms with E-state index in [1.54, 1.807) is 7.11 Å². The van der Waals surface area contributed by atoms with Crippen LogP contribution in [0.25, 0.3) is 5.70 Å². The van der Waals surface area contributed by atoms with Gasteiger partial charge in [-0.3, -0.25) is 0 Å². The van der Waals surface area contributed by atoms with Crippen LogP contribution in [0.4, 0.5) is 5.95 Å². The number of thioether (sulfide) groups is 1. The first-order valence-corrected chi connectivity index (χ1v) is 12.9. The fourth-order valence-electron chi connectivity index (χ4n) is 4.62. The van der Waals surface area contributed by atoms with Crippen LogP contribution in [-0.4, -0.2) is 28.1 Å². The van der Waals surface area contributed by atoms with Crippen molar-refractivity contribution in [2.45, 2.75) is 17.3 Å². The Bertz CT molecular complexity index is 1470. The number of hydrogen-bond donors (Lipinski definition) is 1. The molecular formula is C26H20Cl2N4O2S. The second-order valence-electron chi connectivity index (χ2n) is 8.16. The fraction of sp³-hybridized carbons (Fsp3) is 0.154. The lowest BCUT2D eigenvalue weighted by Gasteiger charge is -2.39. The van der Waals surface area contributed by atoms with Gasteiger partial charge in [0.05, 0.1) is 12.8 Å². The largest absolute Gasteiger partial charge is 0.497 e. The number of ether oxygens (including phenoxy) is 2. The van der Waals surface area contributed by atoms with Gasteiger partial charge in [0.1, 0.15) is 17.5 Å². The van der Waals surface area contributed by atoms with Crippen molar-refractivity contribution in [3.8, 4) is 11.5 Å². The monoisotopic (exact) mass is 522 g/mol. The molecule has 1 aromatic heterocycles. The average Bonchev–Trinajstić information content (AvgIpc) is 3.30. The van der Waals surface area contributed by atoms with Gasteiger partial charge in [-0.05, 0) is 48.2 Å². The molecule has 9 heteroatoms. The second-order valence-corrected chi connectivity index (χ2v) is 9.77. The zero-order chi connectivity index (χ0) is 24.1. The van der Waals surface area contributed by atoms with Crippen molar-refractivity contribution in [2.24, 2.45) is 0 Å². The molecule has 0 amide bonds. The van der Waals surface area contributed by atoms with Gasteiger partial charge >= 0.3 is 0 Å². The second kappa shape index (κ2) is 8.82. The Balaban J connectivity index is 1.64. The van der Waals surface area contributed by atoms with Gasteiger partial charge in [0.15, 0.2) is 6.10 Å². The third-order valence-corrected chi connectivity index (χ3v) is 7.33. The number of fused-ring (bicyclic) bond motifs is 3. The zero-order valence-corrected chi connectivity index (χ0v) is 21.2. The molecule has 6 rings (SSSR count). The van der Waals surface area contributed by atoms with Crippen molar-refractivity contribution in [3.63, 3.8) is 0 Å². The van der Waals surface area contributed by atoms with Crippen LogP contribution in [0.15, 0.2) is 77.5 Å². The van der Waals surface area contributed by atoms with Gasteiger partial charge in [-0.1, -0.05) is 65.3 Å². The first-order valence-electron chi connectivity index (χ1n) is 10.9. The quantitative estimate of drug-likeness (QED) is 0.295. The van der Waals surface area contributed by atoms with Gasteiger partial charge in [-0.25, -0.2) is 4.68 Å². The average molecular weight is 523 g/mol. The van der Waals surface area contributed by atoms with Crippen molar-refractivity contribution >= 4 is 46.6 Å². The lowest BCUT2D eigenvalue weighted by molar-refractivity contribution is 0.223. The number of anilines is 1. The summed E-state index contributed by atoms with van der Waals surface area (Å²) in [6.07, 6.45) is 1.50. The van der Waals surface area contributed by atoms with E-state index in [4.69, 9.17) is 42.8 Å². The summed E-state index contributed by atoms with van der Waals surface area (Å²) in [4.78, 5) is 4.73. The standard InChI is InChI=1S/C26H20Cl2N4O2S/c1-33-16-10-7-14(8-11-16)23-21-22(29-25-30-26(35-2)31-32(23)25)18-13-15(27)9-12-20(18)34-24(21)17-5-3-4-6-19(17)28/h3-13,23-24H,1-2H3,(H,29,30,31). The van der Waals surface area contributed by atoms with Crippen molar-refractivity contribution in [2.75, 3.05) is 18.7 Å². The van der Waals surface area contributed by atoms with Gasteiger partial charge in [-0.2, -0.15) is 4.98 Å². The Morgan fingerprint density at radius 2 is 1.86 bits per heavy atom. The van der Waals surface area contributed by atoms with E-state index in [9.17, 15) is 0 Å². The SMILES string of the molecule is COc1ccc(C2C3=C(Nc4nc(SC)nn42)c2cc(Cl)ccc2OC3c2ccccc2Cl)cc1. The molecule has 2 atom stereocenters. The predicted octanol–water partition coefficient (Wildman–Crippen LogP) is 6.88. The molecule has 2 unspecified atom stereocenters. The molecule has 1 N–H and O–H groups in total. The number of aromatic nitrogens is 3. The van der Waals surface area contributed by atoms with Crippen LogP contribution in [0.5, 0.6) is 11.5 Å². The van der Waals surface area contributed by atoms with E-state index in [-0.39, 0.29) is 6.04 Å². The maximum atomic E-state index is 6.70. The minimum atomic E-state index is -0.456. The first-order chi connectivity index (χ1) is 17.1. The molecule has 3 heterocycles. The molecule has 0 bridgehead atoms. The first kappa shape index (κ1) is 22.3. The van der Waals surface area contributed by atoms with Crippen molar-refractivity contribution in [1.82, 2.24) is 14.8 Å². The Morgan fingerprint density at radius 3 is 2.60 bits per heavy atom. The minimum absolute atomic E-state index is 0.297. The Morgan fingerprint density at radius 1 is 1.06 bits per heavy atom. The van der Waals surface area contributed by atoms with Gasteiger partial charge in [0.2, 0.25) is 11.1 Å². The topological polar surface area (TPSA) is 61.2 Å². The summed E-state index contributed by atoms with van der Waals surface area (Å²) in [5, 5.41) is 10.3. The van der Waals surface area contributed by atoms with Gasteiger partial charge in [0.25, 0.3) is 0 Å². The van der Waals surface area contributed by atoms with Crippen LogP contribution >= 0.6 is 35.0 Å². The van der Waals surface area contributed by atoms with Crippen LogP contribution in [0, 0.1) is 0 Å². The number of benzene rings is 3. The molecule has 0 radical (unpaired) electrons. The highest BCUT2D eigenvalue weighted by Crippen LogP contribution is 2.52. The Labute approximate surface area is 216 Å². The molecule has 6 nitrogen and oxygen atoms in total. The van der Waals surface area contributed by atoms with E-state index in [0.717, 1.165) is 39.5 Å². The highest BCUT2D eigenvalue weighted by Gasteiger charge is 2.42. The number of nitrogens with one attached hydrogen (secondary N) is 1. The third-order valence-electron chi connectivity index (χ3n) is 6.22. The number of hydrogen-bond acceptors (Lipinski definition) is 6. The highest BCUT2D eigenvalue weighted by atomic mass is 35.5. The van der Waals surface area contributed by atoms with Gasteiger partial charge < -0.3 is 14.8 Å². The summed E-state index contributed by atoms with van der Waals surface area (Å²) in [7, 11) is 1.66. The molecule has 0 spiro atoms. The third kappa shape index (κ3) is 3.75. The molecule has 35 heavy (non-hydrogen) atoms. The van der Waals surface area contributed by atoms with Crippen LogP contribution in [-0.2, 0) is 0 Å². The molecule has 0 aliphatic carbocycles. The highest BCUT2D eigenvalue weighted by molar-refractivity contribution is 7.98. The molecule has 0 saturated carbocycles. The smallest absolute Gasteiger partial charge is 0.227 e.